The molecular weight excluding hydrogens is 308 g/mol. The topological polar surface area (TPSA) is 62.5 Å². The fraction of sp³-hybridized carbons (Fsp3) is 0.444. The number of hydrogen-bond acceptors (Lipinski definition) is 4. The highest BCUT2D eigenvalue weighted by molar-refractivity contribution is 5.51. The predicted molar refractivity (Wildman–Crippen MR) is 89.3 cm³/mol. The van der Waals surface area contributed by atoms with Gasteiger partial charge in [-0.15, -0.1) is 0 Å². The molecule has 0 radical (unpaired) electrons. The Labute approximate surface area is 139 Å². The average molecular weight is 328 g/mol. The van der Waals surface area contributed by atoms with E-state index in [0.29, 0.717) is 18.9 Å². The molecule has 2 aliphatic heterocycles. The molecular formula is C18H20N2O4. The average Bonchev–Trinajstić information content (AvgIpc) is 2.59. The van der Waals surface area contributed by atoms with Gasteiger partial charge < -0.3 is 9.47 Å². The lowest BCUT2D eigenvalue weighted by molar-refractivity contribution is 0.157. The number of fused-ring (bicyclic) bond motifs is 5. The summed E-state index contributed by atoms with van der Waals surface area (Å²) in [6.45, 7) is 4.98. The Hall–Kier alpha value is -2.50. The van der Waals surface area contributed by atoms with Crippen LogP contribution in [0.4, 0.5) is 0 Å². The Morgan fingerprint density at radius 3 is 2.38 bits per heavy atom. The van der Waals surface area contributed by atoms with Crippen LogP contribution in [-0.2, 0) is 14.1 Å². The molecule has 0 amide bonds. The Kier molecular flexibility index (Phi) is 3.13. The van der Waals surface area contributed by atoms with Crippen LogP contribution in [0.5, 0.6) is 11.5 Å². The van der Waals surface area contributed by atoms with Crippen LogP contribution in [0.2, 0.25) is 0 Å². The summed E-state index contributed by atoms with van der Waals surface area (Å²) in [7, 11) is 3.15. The van der Waals surface area contributed by atoms with E-state index in [2.05, 4.69) is 26.0 Å². The lowest BCUT2D eigenvalue weighted by atomic mass is 9.79. The standard InChI is InChI=1S/C18H20N2O4/c1-9-5-6-11-12-7-24-16-14(13(12)8-23-15(11)10(9)2)19(3)18(22)20(4)17(16)21/h5-6,12-13H,7-8H2,1-4H3/t12-,13+/m0/s1. The van der Waals surface area contributed by atoms with E-state index < -0.39 is 0 Å². The molecule has 0 saturated heterocycles. The molecule has 6 nitrogen and oxygen atoms in total. The predicted octanol–water partition coefficient (Wildman–Crippen LogP) is 1.35. The van der Waals surface area contributed by atoms with Crippen LogP contribution in [0.3, 0.4) is 0 Å². The van der Waals surface area contributed by atoms with E-state index >= 15 is 0 Å². The first-order valence-corrected chi connectivity index (χ1v) is 8.07. The number of aryl methyl sites for hydroxylation is 1. The van der Waals surface area contributed by atoms with Crippen LogP contribution < -0.4 is 20.7 Å². The number of rotatable bonds is 0. The fourth-order valence-electron chi connectivity index (χ4n) is 3.83. The first-order chi connectivity index (χ1) is 11.4. The van der Waals surface area contributed by atoms with Crippen LogP contribution in [0.1, 0.15) is 34.2 Å². The van der Waals surface area contributed by atoms with Gasteiger partial charge >= 0.3 is 5.69 Å². The molecule has 2 aliphatic rings. The van der Waals surface area contributed by atoms with Gasteiger partial charge in [0.15, 0.2) is 0 Å². The molecule has 0 bridgehead atoms. The van der Waals surface area contributed by atoms with Crippen molar-refractivity contribution < 1.29 is 9.47 Å². The first kappa shape index (κ1) is 15.1. The molecule has 24 heavy (non-hydrogen) atoms. The Morgan fingerprint density at radius 1 is 0.958 bits per heavy atom. The summed E-state index contributed by atoms with van der Waals surface area (Å²) < 4.78 is 14.5. The van der Waals surface area contributed by atoms with Crippen LogP contribution in [0, 0.1) is 13.8 Å². The molecule has 0 saturated carbocycles. The molecule has 0 aliphatic carbocycles. The van der Waals surface area contributed by atoms with Crippen molar-refractivity contribution in [2.45, 2.75) is 25.7 Å². The zero-order valence-corrected chi connectivity index (χ0v) is 14.3. The maximum Gasteiger partial charge on any atom is 0.330 e. The quantitative estimate of drug-likeness (QED) is 0.732. The molecule has 4 rings (SSSR count). The van der Waals surface area contributed by atoms with Crippen LogP contribution in [0.15, 0.2) is 21.7 Å². The van der Waals surface area contributed by atoms with E-state index in [9.17, 15) is 9.59 Å². The van der Waals surface area contributed by atoms with Crippen molar-refractivity contribution in [1.82, 2.24) is 9.13 Å². The molecule has 0 N–H and O–H groups in total. The van der Waals surface area contributed by atoms with Crippen molar-refractivity contribution in [2.75, 3.05) is 13.2 Å². The lowest BCUT2D eigenvalue weighted by Gasteiger charge is -2.39. The number of hydrogen-bond donors (Lipinski definition) is 0. The van der Waals surface area contributed by atoms with Gasteiger partial charge in [0.05, 0.1) is 18.9 Å². The zero-order valence-electron chi connectivity index (χ0n) is 14.3. The number of aromatic nitrogens is 2. The highest BCUT2D eigenvalue weighted by Crippen LogP contribution is 2.47. The molecule has 0 spiro atoms. The van der Waals surface area contributed by atoms with Gasteiger partial charge in [0.2, 0.25) is 5.75 Å². The molecule has 2 atom stereocenters. The van der Waals surface area contributed by atoms with Gasteiger partial charge in [-0.1, -0.05) is 12.1 Å². The van der Waals surface area contributed by atoms with Gasteiger partial charge in [-0.25, -0.2) is 4.79 Å². The second-order valence-electron chi connectivity index (χ2n) is 6.68. The SMILES string of the molecule is Cc1ccc2c(c1C)OC[C@H]1c3c(c(=O)n(C)c(=O)n3C)OC[C@@H]21. The molecule has 1 aromatic heterocycles. The first-order valence-electron chi connectivity index (χ1n) is 8.07. The van der Waals surface area contributed by atoms with Gasteiger partial charge in [0.1, 0.15) is 5.75 Å². The molecule has 3 heterocycles. The van der Waals surface area contributed by atoms with E-state index in [0.717, 1.165) is 21.4 Å². The van der Waals surface area contributed by atoms with Crippen LogP contribution in [-0.4, -0.2) is 22.3 Å². The summed E-state index contributed by atoms with van der Waals surface area (Å²) in [5, 5.41) is 0. The smallest absolute Gasteiger partial charge is 0.330 e. The van der Waals surface area contributed by atoms with E-state index in [1.807, 2.05) is 0 Å². The van der Waals surface area contributed by atoms with E-state index in [1.54, 1.807) is 7.05 Å². The highest BCUT2D eigenvalue weighted by Gasteiger charge is 2.41. The van der Waals surface area contributed by atoms with Crippen molar-refractivity contribution in [1.29, 1.82) is 0 Å². The Balaban J connectivity index is 1.93. The van der Waals surface area contributed by atoms with Crippen molar-refractivity contribution in [2.24, 2.45) is 14.1 Å². The second kappa shape index (κ2) is 5.00. The van der Waals surface area contributed by atoms with E-state index in [1.165, 1.54) is 17.2 Å². The molecule has 1 aromatic carbocycles. The third kappa shape index (κ3) is 1.82. The zero-order chi connectivity index (χ0) is 17.2. The van der Waals surface area contributed by atoms with Crippen molar-refractivity contribution in [3.63, 3.8) is 0 Å². The third-order valence-corrected chi connectivity index (χ3v) is 5.42. The maximum atomic E-state index is 12.4. The lowest BCUT2D eigenvalue weighted by Crippen LogP contribution is -2.45. The normalized spacial score (nSPS) is 21.2. The minimum Gasteiger partial charge on any atom is -0.492 e. The Bertz CT molecular complexity index is 970. The summed E-state index contributed by atoms with van der Waals surface area (Å²) >= 11 is 0. The van der Waals surface area contributed by atoms with Gasteiger partial charge in [0, 0.05) is 31.5 Å². The van der Waals surface area contributed by atoms with Gasteiger partial charge in [-0.3, -0.25) is 13.9 Å². The minimum absolute atomic E-state index is 0.0602. The molecule has 0 unspecified atom stereocenters. The molecule has 2 aromatic rings. The monoisotopic (exact) mass is 328 g/mol. The van der Waals surface area contributed by atoms with Crippen molar-refractivity contribution >= 4 is 0 Å². The van der Waals surface area contributed by atoms with E-state index in [-0.39, 0.29) is 28.8 Å². The summed E-state index contributed by atoms with van der Waals surface area (Å²) in [5.41, 5.74) is 3.34. The van der Waals surface area contributed by atoms with Crippen LogP contribution in [0.25, 0.3) is 0 Å². The second-order valence-corrected chi connectivity index (χ2v) is 6.68. The summed E-state index contributed by atoms with van der Waals surface area (Å²) in [5.74, 6) is 1.21. The largest absolute Gasteiger partial charge is 0.492 e. The molecule has 126 valence electrons. The molecule has 0 fully saturated rings. The van der Waals surface area contributed by atoms with Crippen molar-refractivity contribution in [3.05, 3.63) is 55.4 Å². The van der Waals surface area contributed by atoms with Gasteiger partial charge in [-0.2, -0.15) is 0 Å². The van der Waals surface area contributed by atoms with Crippen molar-refractivity contribution in [3.8, 4) is 11.5 Å². The summed E-state index contributed by atoms with van der Waals surface area (Å²) in [6, 6.07) is 4.15. The summed E-state index contributed by atoms with van der Waals surface area (Å²) in [4.78, 5) is 24.7. The fourth-order valence-corrected chi connectivity index (χ4v) is 3.83. The van der Waals surface area contributed by atoms with Crippen LogP contribution >= 0.6 is 0 Å². The number of benzene rings is 1. The van der Waals surface area contributed by atoms with Gasteiger partial charge in [-0.05, 0) is 25.0 Å². The Morgan fingerprint density at radius 2 is 1.62 bits per heavy atom. The van der Waals surface area contributed by atoms with E-state index in [4.69, 9.17) is 9.47 Å². The third-order valence-electron chi connectivity index (χ3n) is 5.42. The van der Waals surface area contributed by atoms with Gasteiger partial charge in [0.25, 0.3) is 5.56 Å². The number of nitrogens with zero attached hydrogens (tertiary/aromatic N) is 2. The minimum atomic E-state index is -0.377. The number of ether oxygens (including phenoxy) is 2. The molecule has 6 heteroatoms. The highest BCUT2D eigenvalue weighted by atomic mass is 16.5. The maximum absolute atomic E-state index is 12.4. The summed E-state index contributed by atoms with van der Waals surface area (Å²) in [6.07, 6.45) is 0.